The van der Waals surface area contributed by atoms with E-state index < -0.39 is 11.7 Å². The van der Waals surface area contributed by atoms with Gasteiger partial charge >= 0.3 is 6.09 Å². The lowest BCUT2D eigenvalue weighted by Crippen LogP contribution is -2.37. The van der Waals surface area contributed by atoms with Crippen molar-refractivity contribution in [2.24, 2.45) is 0 Å². The van der Waals surface area contributed by atoms with Crippen molar-refractivity contribution in [1.82, 2.24) is 14.9 Å². The Labute approximate surface area is 177 Å². The second-order valence-corrected chi connectivity index (χ2v) is 8.15. The average molecular weight is 408 g/mol. The predicted octanol–water partition coefficient (Wildman–Crippen LogP) is 4.75. The number of alkyl carbamates (subject to hydrolysis) is 1. The van der Waals surface area contributed by atoms with Crippen molar-refractivity contribution in [3.8, 4) is 5.75 Å². The summed E-state index contributed by atoms with van der Waals surface area (Å²) in [5, 5.41) is 3.00. The molecule has 2 aromatic carbocycles. The van der Waals surface area contributed by atoms with Gasteiger partial charge in [-0.15, -0.1) is 0 Å². The molecule has 6 nitrogen and oxygen atoms in total. The smallest absolute Gasteiger partial charge is 0.408 e. The van der Waals surface area contributed by atoms with Crippen molar-refractivity contribution < 1.29 is 14.3 Å². The molecule has 3 rings (SSSR count). The van der Waals surface area contributed by atoms with Gasteiger partial charge in [-0.25, -0.2) is 9.78 Å². The van der Waals surface area contributed by atoms with E-state index in [9.17, 15) is 4.79 Å². The van der Waals surface area contributed by atoms with Crippen molar-refractivity contribution >= 4 is 6.09 Å². The lowest BCUT2D eigenvalue weighted by Gasteiger charge is -2.24. The summed E-state index contributed by atoms with van der Waals surface area (Å²) in [4.78, 5) is 17.1. The number of hydrogen-bond acceptors (Lipinski definition) is 4. The van der Waals surface area contributed by atoms with E-state index in [1.165, 1.54) is 0 Å². The lowest BCUT2D eigenvalue weighted by molar-refractivity contribution is 0.0500. The molecule has 6 heteroatoms. The van der Waals surface area contributed by atoms with Gasteiger partial charge in [0.05, 0.1) is 13.2 Å². The fourth-order valence-corrected chi connectivity index (χ4v) is 3.20. The van der Waals surface area contributed by atoms with E-state index in [0.29, 0.717) is 13.0 Å². The van der Waals surface area contributed by atoms with Crippen LogP contribution in [0.25, 0.3) is 0 Å². The van der Waals surface area contributed by atoms with Crippen LogP contribution in [-0.2, 0) is 17.7 Å². The van der Waals surface area contributed by atoms with Crippen LogP contribution in [0.4, 0.5) is 4.79 Å². The number of carbonyl (C=O) groups is 1. The van der Waals surface area contributed by atoms with Crippen molar-refractivity contribution in [2.75, 3.05) is 7.11 Å². The number of aromatic nitrogens is 2. The highest BCUT2D eigenvalue weighted by molar-refractivity contribution is 5.68. The Morgan fingerprint density at radius 3 is 2.40 bits per heavy atom. The highest BCUT2D eigenvalue weighted by atomic mass is 16.6. The molecule has 0 bridgehead atoms. The summed E-state index contributed by atoms with van der Waals surface area (Å²) in [6.45, 7) is 6.19. The fraction of sp³-hybridized carbons (Fsp3) is 0.333. The molecule has 0 aliphatic rings. The standard InChI is InChI=1S/C24H29N3O3/c1-24(2,3)30-23(28)26-21(16-18-8-6-5-7-9-18)22-25-14-15-27(22)17-19-10-12-20(29-4)13-11-19/h5-15,21H,16-17H2,1-4H3,(H,26,28). The van der Waals surface area contributed by atoms with Gasteiger partial charge in [0.2, 0.25) is 0 Å². The molecule has 1 heterocycles. The van der Waals surface area contributed by atoms with Gasteiger partial charge in [0.25, 0.3) is 0 Å². The Kier molecular flexibility index (Phi) is 6.77. The van der Waals surface area contributed by atoms with Gasteiger partial charge in [-0.2, -0.15) is 0 Å². The Balaban J connectivity index is 1.83. The molecule has 0 fully saturated rings. The Hall–Kier alpha value is -3.28. The molecule has 1 unspecified atom stereocenters. The van der Waals surface area contributed by atoms with Crippen LogP contribution < -0.4 is 10.1 Å². The van der Waals surface area contributed by atoms with E-state index in [0.717, 1.165) is 22.7 Å². The highest BCUT2D eigenvalue weighted by Gasteiger charge is 2.24. The lowest BCUT2D eigenvalue weighted by atomic mass is 10.1. The summed E-state index contributed by atoms with van der Waals surface area (Å²) in [7, 11) is 1.65. The van der Waals surface area contributed by atoms with Crippen LogP contribution in [0.3, 0.4) is 0 Å². The van der Waals surface area contributed by atoms with Crippen LogP contribution in [-0.4, -0.2) is 28.4 Å². The second-order valence-electron chi connectivity index (χ2n) is 8.15. The highest BCUT2D eigenvalue weighted by Crippen LogP contribution is 2.20. The summed E-state index contributed by atoms with van der Waals surface area (Å²) in [5.74, 6) is 1.60. The largest absolute Gasteiger partial charge is 0.497 e. The first kappa shape index (κ1) is 21.4. The van der Waals surface area contributed by atoms with Crippen LogP contribution in [0, 0.1) is 0 Å². The third kappa shape index (κ3) is 6.11. The van der Waals surface area contributed by atoms with Crippen LogP contribution in [0.5, 0.6) is 5.75 Å². The van der Waals surface area contributed by atoms with Gasteiger partial charge in [0.1, 0.15) is 17.2 Å². The van der Waals surface area contributed by atoms with Gasteiger partial charge in [-0.1, -0.05) is 42.5 Å². The molecule has 0 saturated heterocycles. The van der Waals surface area contributed by atoms with E-state index in [2.05, 4.69) is 10.3 Å². The summed E-state index contributed by atoms with van der Waals surface area (Å²) in [6.07, 6.45) is 3.84. The maximum Gasteiger partial charge on any atom is 0.408 e. The molecule has 3 aromatic rings. The minimum absolute atomic E-state index is 0.324. The number of nitrogens with one attached hydrogen (secondary N) is 1. The zero-order valence-electron chi connectivity index (χ0n) is 18.0. The summed E-state index contributed by atoms with van der Waals surface area (Å²) < 4.78 is 12.8. The molecule has 158 valence electrons. The number of imidazole rings is 1. The van der Waals surface area contributed by atoms with E-state index in [-0.39, 0.29) is 6.04 Å². The number of amides is 1. The van der Waals surface area contributed by atoms with Crippen molar-refractivity contribution in [2.45, 2.75) is 45.4 Å². The quantitative estimate of drug-likeness (QED) is 0.614. The maximum atomic E-state index is 12.5. The first-order chi connectivity index (χ1) is 14.3. The number of nitrogens with zero attached hydrogens (tertiary/aromatic N) is 2. The first-order valence-electron chi connectivity index (χ1n) is 10.0. The molecule has 0 aliphatic carbocycles. The first-order valence-corrected chi connectivity index (χ1v) is 10.0. The van der Waals surface area contributed by atoms with Gasteiger partial charge < -0.3 is 19.4 Å². The molecule has 1 amide bonds. The molecular formula is C24H29N3O3. The summed E-state index contributed by atoms with van der Waals surface area (Å²) >= 11 is 0. The Morgan fingerprint density at radius 2 is 1.77 bits per heavy atom. The number of benzene rings is 2. The number of ether oxygens (including phenoxy) is 2. The number of hydrogen-bond donors (Lipinski definition) is 1. The maximum absolute atomic E-state index is 12.5. The minimum atomic E-state index is -0.570. The molecular weight excluding hydrogens is 378 g/mol. The fourth-order valence-electron chi connectivity index (χ4n) is 3.20. The van der Waals surface area contributed by atoms with Crippen LogP contribution in [0.2, 0.25) is 0 Å². The van der Waals surface area contributed by atoms with Gasteiger partial charge in [0, 0.05) is 25.4 Å². The number of carbonyl (C=O) groups excluding carboxylic acids is 1. The van der Waals surface area contributed by atoms with Crippen molar-refractivity contribution in [3.63, 3.8) is 0 Å². The molecule has 1 aromatic heterocycles. The molecule has 30 heavy (non-hydrogen) atoms. The third-order valence-corrected chi connectivity index (χ3v) is 4.54. The van der Waals surface area contributed by atoms with Gasteiger partial charge in [0.15, 0.2) is 0 Å². The van der Waals surface area contributed by atoms with Crippen molar-refractivity contribution in [1.29, 1.82) is 0 Å². The van der Waals surface area contributed by atoms with E-state index in [4.69, 9.17) is 9.47 Å². The second kappa shape index (κ2) is 9.48. The molecule has 1 N–H and O–H groups in total. The van der Waals surface area contributed by atoms with Gasteiger partial charge in [-0.3, -0.25) is 0 Å². The average Bonchev–Trinajstić information content (AvgIpc) is 3.15. The molecule has 0 spiro atoms. The zero-order valence-corrected chi connectivity index (χ0v) is 18.0. The minimum Gasteiger partial charge on any atom is -0.497 e. The van der Waals surface area contributed by atoms with Gasteiger partial charge in [-0.05, 0) is 44.0 Å². The normalized spacial score (nSPS) is 12.3. The molecule has 0 aliphatic heterocycles. The summed E-state index contributed by atoms with van der Waals surface area (Å²) in [5.41, 5.74) is 1.66. The number of methoxy groups -OCH3 is 1. The van der Waals surface area contributed by atoms with Crippen LogP contribution in [0.15, 0.2) is 67.0 Å². The van der Waals surface area contributed by atoms with E-state index >= 15 is 0 Å². The Bertz CT molecular complexity index is 944. The Morgan fingerprint density at radius 1 is 1.07 bits per heavy atom. The van der Waals surface area contributed by atoms with Crippen LogP contribution >= 0.6 is 0 Å². The monoisotopic (exact) mass is 407 g/mol. The third-order valence-electron chi connectivity index (χ3n) is 4.54. The summed E-state index contributed by atoms with van der Waals surface area (Å²) in [6, 6.07) is 17.6. The van der Waals surface area contributed by atoms with Crippen LogP contribution in [0.1, 0.15) is 43.8 Å². The molecule has 0 radical (unpaired) electrons. The topological polar surface area (TPSA) is 65.4 Å². The SMILES string of the molecule is COc1ccc(Cn2ccnc2C(Cc2ccccc2)NC(=O)OC(C)(C)C)cc1. The van der Waals surface area contributed by atoms with E-state index in [1.54, 1.807) is 13.3 Å². The predicted molar refractivity (Wildman–Crippen MR) is 117 cm³/mol. The van der Waals surface area contributed by atoms with Crippen molar-refractivity contribution in [3.05, 3.63) is 83.9 Å². The zero-order chi connectivity index (χ0) is 21.6. The van der Waals surface area contributed by atoms with E-state index in [1.807, 2.05) is 86.1 Å². The molecule has 0 saturated carbocycles. The number of rotatable bonds is 7. The molecule has 1 atom stereocenters.